The van der Waals surface area contributed by atoms with Gasteiger partial charge in [0.05, 0.1) is 19.1 Å². The van der Waals surface area contributed by atoms with Gasteiger partial charge in [0.15, 0.2) is 0 Å². The molecule has 0 bridgehead atoms. The van der Waals surface area contributed by atoms with E-state index in [2.05, 4.69) is 0 Å². The highest BCUT2D eigenvalue weighted by Crippen LogP contribution is 2.31. The van der Waals surface area contributed by atoms with E-state index in [-0.39, 0.29) is 24.0 Å². The molecule has 0 spiro atoms. The molecule has 4 heteroatoms. The third kappa shape index (κ3) is 2.29. The van der Waals surface area contributed by atoms with Crippen LogP contribution in [0.2, 0.25) is 0 Å². The number of epoxide rings is 1. The fourth-order valence-corrected chi connectivity index (χ4v) is 2.36. The number of nitrogens with zero attached hydrogens (tertiary/aromatic N) is 1. The summed E-state index contributed by atoms with van der Waals surface area (Å²) in [6, 6.07) is 9.84. The molecule has 2 fully saturated rings. The molecule has 3 rings (SSSR count). The number of aryl methyl sites for hydroxylation is 1. The van der Waals surface area contributed by atoms with E-state index >= 15 is 0 Å². The SMILES string of the molecule is O=C(CCc1ccccc1)N1CC2OC2CC1=O. The van der Waals surface area contributed by atoms with Gasteiger partial charge in [-0.15, -0.1) is 0 Å². The highest BCUT2D eigenvalue weighted by atomic mass is 16.6. The van der Waals surface area contributed by atoms with Gasteiger partial charge >= 0.3 is 0 Å². The molecule has 1 aromatic rings. The summed E-state index contributed by atoms with van der Waals surface area (Å²) < 4.78 is 5.28. The summed E-state index contributed by atoms with van der Waals surface area (Å²) in [6.07, 6.45) is 1.60. The molecule has 4 nitrogen and oxygen atoms in total. The molecule has 2 aliphatic rings. The summed E-state index contributed by atoms with van der Waals surface area (Å²) in [5.74, 6) is -0.176. The van der Waals surface area contributed by atoms with Gasteiger partial charge in [0.2, 0.25) is 11.8 Å². The fraction of sp³-hybridized carbons (Fsp3) is 0.429. The molecule has 2 heterocycles. The molecule has 0 N–H and O–H groups in total. The molecule has 94 valence electrons. The lowest BCUT2D eigenvalue weighted by molar-refractivity contribution is -0.145. The molecule has 18 heavy (non-hydrogen) atoms. The molecule has 2 atom stereocenters. The monoisotopic (exact) mass is 245 g/mol. The average molecular weight is 245 g/mol. The number of fused-ring (bicyclic) bond motifs is 1. The van der Waals surface area contributed by atoms with Crippen LogP contribution in [0.4, 0.5) is 0 Å². The smallest absolute Gasteiger partial charge is 0.231 e. The lowest BCUT2D eigenvalue weighted by Crippen LogP contribution is -2.43. The normalized spacial score (nSPS) is 25.8. The Morgan fingerprint density at radius 1 is 1.28 bits per heavy atom. The van der Waals surface area contributed by atoms with Gasteiger partial charge in [-0.2, -0.15) is 0 Å². The summed E-state index contributed by atoms with van der Waals surface area (Å²) in [6.45, 7) is 0.442. The second kappa shape index (κ2) is 4.53. The van der Waals surface area contributed by atoms with Gasteiger partial charge in [-0.05, 0) is 12.0 Å². The average Bonchev–Trinajstić information content (AvgIpc) is 3.14. The Morgan fingerprint density at radius 2 is 2.06 bits per heavy atom. The fourth-order valence-electron chi connectivity index (χ4n) is 2.36. The van der Waals surface area contributed by atoms with Crippen molar-refractivity contribution in [2.45, 2.75) is 31.5 Å². The van der Waals surface area contributed by atoms with Gasteiger partial charge in [0, 0.05) is 6.42 Å². The molecule has 0 radical (unpaired) electrons. The predicted molar refractivity (Wildman–Crippen MR) is 64.8 cm³/mol. The first-order valence-electron chi connectivity index (χ1n) is 6.26. The summed E-state index contributed by atoms with van der Waals surface area (Å²) in [5.41, 5.74) is 1.12. The Kier molecular flexibility index (Phi) is 2.88. The van der Waals surface area contributed by atoms with Gasteiger partial charge in [-0.3, -0.25) is 14.5 Å². The van der Waals surface area contributed by atoms with Crippen LogP contribution < -0.4 is 0 Å². The van der Waals surface area contributed by atoms with Crippen molar-refractivity contribution >= 4 is 11.8 Å². The second-order valence-corrected chi connectivity index (χ2v) is 4.80. The number of ether oxygens (including phenoxy) is 1. The van der Waals surface area contributed by atoms with Crippen molar-refractivity contribution in [2.75, 3.05) is 6.54 Å². The van der Waals surface area contributed by atoms with Gasteiger partial charge in [0.1, 0.15) is 6.10 Å². The van der Waals surface area contributed by atoms with Gasteiger partial charge in [-0.25, -0.2) is 0 Å². The van der Waals surface area contributed by atoms with E-state index in [1.54, 1.807) is 0 Å². The molecule has 0 aromatic heterocycles. The topological polar surface area (TPSA) is 49.9 Å². The number of piperidine rings is 1. The van der Waals surface area contributed by atoms with Crippen LogP contribution in [-0.4, -0.2) is 35.5 Å². The Labute approximate surface area is 106 Å². The minimum absolute atomic E-state index is 0.0793. The van der Waals surface area contributed by atoms with Crippen molar-refractivity contribution in [3.8, 4) is 0 Å². The van der Waals surface area contributed by atoms with Crippen LogP contribution in [-0.2, 0) is 20.7 Å². The molecular weight excluding hydrogens is 230 g/mol. The van der Waals surface area contributed by atoms with Crippen molar-refractivity contribution < 1.29 is 14.3 Å². The number of hydrogen-bond donors (Lipinski definition) is 0. The van der Waals surface area contributed by atoms with E-state index in [4.69, 9.17) is 4.74 Å². The minimum atomic E-state index is -0.0909. The number of likely N-dealkylation sites (tertiary alicyclic amines) is 1. The second-order valence-electron chi connectivity index (χ2n) is 4.80. The quantitative estimate of drug-likeness (QED) is 0.750. The lowest BCUT2D eigenvalue weighted by Gasteiger charge is -2.22. The zero-order valence-electron chi connectivity index (χ0n) is 10.0. The van der Waals surface area contributed by atoms with Gasteiger partial charge in [0.25, 0.3) is 0 Å². The van der Waals surface area contributed by atoms with Crippen LogP contribution in [0.5, 0.6) is 0 Å². The largest absolute Gasteiger partial charge is 0.367 e. The van der Waals surface area contributed by atoms with Crippen LogP contribution in [0.15, 0.2) is 30.3 Å². The Hall–Kier alpha value is -1.68. The van der Waals surface area contributed by atoms with Crippen molar-refractivity contribution in [1.82, 2.24) is 4.90 Å². The summed E-state index contributed by atoms with van der Waals surface area (Å²) >= 11 is 0. The number of imide groups is 1. The first kappa shape index (κ1) is 11.4. The molecule has 2 amide bonds. The van der Waals surface area contributed by atoms with E-state index in [1.165, 1.54) is 4.90 Å². The Balaban J connectivity index is 1.56. The molecule has 2 saturated heterocycles. The van der Waals surface area contributed by atoms with Gasteiger partial charge in [-0.1, -0.05) is 30.3 Å². The summed E-state index contributed by atoms with van der Waals surface area (Å²) in [5, 5.41) is 0. The maximum Gasteiger partial charge on any atom is 0.231 e. The maximum atomic E-state index is 12.0. The third-order valence-corrected chi connectivity index (χ3v) is 3.50. The zero-order valence-corrected chi connectivity index (χ0v) is 10.0. The summed E-state index contributed by atoms with van der Waals surface area (Å²) in [7, 11) is 0. The van der Waals surface area contributed by atoms with Crippen LogP contribution >= 0.6 is 0 Å². The van der Waals surface area contributed by atoms with Gasteiger partial charge < -0.3 is 4.74 Å². The first-order valence-corrected chi connectivity index (χ1v) is 6.26. The third-order valence-electron chi connectivity index (χ3n) is 3.50. The van der Waals surface area contributed by atoms with Crippen LogP contribution in [0.1, 0.15) is 18.4 Å². The molecule has 0 aliphatic carbocycles. The molecule has 2 aliphatic heterocycles. The lowest BCUT2D eigenvalue weighted by atomic mass is 10.1. The van der Waals surface area contributed by atoms with Crippen LogP contribution in [0.3, 0.4) is 0 Å². The highest BCUT2D eigenvalue weighted by Gasteiger charge is 2.48. The van der Waals surface area contributed by atoms with Crippen molar-refractivity contribution in [3.05, 3.63) is 35.9 Å². The number of rotatable bonds is 3. The van der Waals surface area contributed by atoms with Crippen LogP contribution in [0.25, 0.3) is 0 Å². The van der Waals surface area contributed by atoms with Crippen LogP contribution in [0, 0.1) is 0 Å². The predicted octanol–water partition coefficient (Wildman–Crippen LogP) is 1.15. The maximum absolute atomic E-state index is 12.0. The standard InChI is InChI=1S/C14H15NO3/c16-13(7-6-10-4-2-1-3-5-10)15-9-12-11(18-12)8-14(15)17/h1-5,11-12H,6-9H2. The number of carbonyl (C=O) groups excluding carboxylic acids is 2. The number of benzene rings is 1. The minimum Gasteiger partial charge on any atom is -0.367 e. The number of carbonyl (C=O) groups is 2. The molecule has 1 aromatic carbocycles. The Bertz CT molecular complexity index is 471. The molecule has 0 saturated carbocycles. The summed E-state index contributed by atoms with van der Waals surface area (Å²) in [4.78, 5) is 25.1. The van der Waals surface area contributed by atoms with Crippen molar-refractivity contribution in [3.63, 3.8) is 0 Å². The highest BCUT2D eigenvalue weighted by molar-refractivity contribution is 5.96. The molecule has 2 unspecified atom stereocenters. The Morgan fingerprint density at radius 3 is 2.83 bits per heavy atom. The van der Waals surface area contributed by atoms with E-state index in [0.717, 1.165) is 5.56 Å². The van der Waals surface area contributed by atoms with E-state index in [9.17, 15) is 9.59 Å². The first-order chi connectivity index (χ1) is 8.74. The number of hydrogen-bond acceptors (Lipinski definition) is 3. The van der Waals surface area contributed by atoms with E-state index in [0.29, 0.717) is 25.8 Å². The molecular formula is C14H15NO3. The van der Waals surface area contributed by atoms with Crippen molar-refractivity contribution in [2.24, 2.45) is 0 Å². The number of amides is 2. The van der Waals surface area contributed by atoms with E-state index in [1.807, 2.05) is 30.3 Å². The zero-order chi connectivity index (χ0) is 12.5. The van der Waals surface area contributed by atoms with Crippen molar-refractivity contribution in [1.29, 1.82) is 0 Å². The van der Waals surface area contributed by atoms with E-state index < -0.39 is 0 Å².